The van der Waals surface area contributed by atoms with Crippen molar-refractivity contribution in [2.45, 2.75) is 116 Å². The highest BCUT2D eigenvalue weighted by Gasteiger charge is 2.25. The summed E-state index contributed by atoms with van der Waals surface area (Å²) < 4.78 is 16.9. The Kier molecular flexibility index (Phi) is 30.9. The lowest BCUT2D eigenvalue weighted by Crippen LogP contribution is -2.55. The van der Waals surface area contributed by atoms with E-state index in [2.05, 4.69) is 98.9 Å². The molecule has 0 N–H and O–H groups in total. The molecule has 2 unspecified atom stereocenters. The molecule has 0 saturated carbocycles. The Morgan fingerprint density at radius 2 is 1.04 bits per heavy atom. The number of quaternary nitrogens is 1. The highest BCUT2D eigenvalue weighted by molar-refractivity contribution is 5.70. The fraction of sp³-hybridized carbons (Fsp3) is 0.558. The van der Waals surface area contributed by atoms with E-state index >= 15 is 0 Å². The number of carboxylic acids is 1. The van der Waals surface area contributed by atoms with Crippen molar-refractivity contribution in [2.75, 3.05) is 41.0 Å². The molecule has 0 rings (SSSR count). The third-order valence-electron chi connectivity index (χ3n) is 7.48. The van der Waals surface area contributed by atoms with Gasteiger partial charge in [-0.1, -0.05) is 111 Å². The molecule has 0 aliphatic carbocycles. The highest BCUT2D eigenvalue weighted by atomic mass is 16.6. The summed E-state index contributed by atoms with van der Waals surface area (Å²) in [4.78, 5) is 36.4. The molecule has 0 fully saturated rings. The van der Waals surface area contributed by atoms with Crippen LogP contribution >= 0.6 is 0 Å². The largest absolute Gasteiger partial charge is 0.544 e. The Hall–Kier alpha value is -3.75. The summed E-state index contributed by atoms with van der Waals surface area (Å²) in [5, 5.41) is 11.5. The van der Waals surface area contributed by atoms with Crippen molar-refractivity contribution in [1.29, 1.82) is 0 Å². The standard InChI is InChI=1S/C43H67NO7/c1-6-8-10-12-14-15-16-17-18-19-20-21-22-23-24-25-26-28-29-31-33-41(45)50-38-39(37-49-36-35-40(43(47)48)44(3,4)5)51-42(46)34-32-30-27-13-11-9-7-2/h8-11,14-15,17-18,20-21,23-24,26-28,30,39-40H,6-7,12-13,16,19,22,25,29,31-38H2,1-5H3/b10-8+,11-9+,15-14+,18-17+,21-20+,24-23+,28-26+,30-27+. The average molecular weight is 710 g/mol. The lowest BCUT2D eigenvalue weighted by molar-refractivity contribution is -0.889. The molecule has 0 radical (unpaired) electrons. The second-order valence-corrected chi connectivity index (χ2v) is 13.0. The van der Waals surface area contributed by atoms with Crippen LogP contribution < -0.4 is 5.11 Å². The Bertz CT molecular complexity index is 1150. The lowest BCUT2D eigenvalue weighted by atomic mass is 10.1. The Balaban J connectivity index is 4.47. The number of rotatable bonds is 31. The van der Waals surface area contributed by atoms with Gasteiger partial charge in [-0.2, -0.15) is 0 Å². The topological polar surface area (TPSA) is 102 Å². The summed E-state index contributed by atoms with van der Waals surface area (Å²) in [6.45, 7) is 4.22. The van der Waals surface area contributed by atoms with Gasteiger partial charge in [0.2, 0.25) is 0 Å². The van der Waals surface area contributed by atoms with Crippen molar-refractivity contribution in [3.05, 3.63) is 97.2 Å². The molecule has 0 aliphatic heterocycles. The van der Waals surface area contributed by atoms with Crippen molar-refractivity contribution in [1.82, 2.24) is 0 Å². The van der Waals surface area contributed by atoms with Crippen LogP contribution in [0.3, 0.4) is 0 Å². The van der Waals surface area contributed by atoms with E-state index in [1.54, 1.807) is 21.1 Å². The number of allylic oxidation sites excluding steroid dienone is 16. The van der Waals surface area contributed by atoms with Crippen LogP contribution in [-0.4, -0.2) is 75.5 Å². The zero-order valence-corrected chi connectivity index (χ0v) is 32.2. The smallest absolute Gasteiger partial charge is 0.306 e. The molecule has 0 aliphatic rings. The molecule has 0 spiro atoms. The van der Waals surface area contributed by atoms with Gasteiger partial charge in [0.25, 0.3) is 0 Å². The summed E-state index contributed by atoms with van der Waals surface area (Å²) in [5.74, 6) is -1.93. The van der Waals surface area contributed by atoms with E-state index in [0.717, 1.165) is 57.8 Å². The molecule has 51 heavy (non-hydrogen) atoms. The molecule has 0 aromatic rings. The Morgan fingerprint density at radius 1 is 0.588 bits per heavy atom. The van der Waals surface area contributed by atoms with Gasteiger partial charge in [-0.3, -0.25) is 9.59 Å². The Morgan fingerprint density at radius 3 is 1.49 bits per heavy atom. The van der Waals surface area contributed by atoms with Crippen LogP contribution in [0.2, 0.25) is 0 Å². The first-order chi connectivity index (χ1) is 24.6. The van der Waals surface area contributed by atoms with E-state index in [0.29, 0.717) is 12.8 Å². The van der Waals surface area contributed by atoms with E-state index in [1.165, 1.54) is 0 Å². The van der Waals surface area contributed by atoms with Crippen LogP contribution in [0.15, 0.2) is 97.2 Å². The van der Waals surface area contributed by atoms with Gasteiger partial charge >= 0.3 is 11.9 Å². The molecule has 0 heterocycles. The number of ether oxygens (including phenoxy) is 3. The van der Waals surface area contributed by atoms with Crippen LogP contribution in [-0.2, 0) is 28.6 Å². The third-order valence-corrected chi connectivity index (χ3v) is 7.48. The molecule has 0 aromatic carbocycles. The van der Waals surface area contributed by atoms with Crippen molar-refractivity contribution < 1.29 is 38.2 Å². The molecule has 8 heteroatoms. The fourth-order valence-electron chi connectivity index (χ4n) is 4.61. The number of carbonyl (C=O) groups excluding carboxylic acids is 3. The predicted octanol–water partition coefficient (Wildman–Crippen LogP) is 8.23. The summed E-state index contributed by atoms with van der Waals surface area (Å²) in [5.41, 5.74) is 0. The monoisotopic (exact) mass is 709 g/mol. The van der Waals surface area contributed by atoms with Crippen LogP contribution in [0, 0.1) is 0 Å². The number of carbonyl (C=O) groups is 3. The van der Waals surface area contributed by atoms with Crippen LogP contribution in [0.4, 0.5) is 0 Å². The summed E-state index contributed by atoms with van der Waals surface area (Å²) in [6, 6.07) is -0.746. The second kappa shape index (κ2) is 33.4. The number of hydrogen-bond donors (Lipinski definition) is 0. The summed E-state index contributed by atoms with van der Waals surface area (Å²) in [6.07, 6.45) is 43.4. The van der Waals surface area contributed by atoms with Crippen LogP contribution in [0.5, 0.6) is 0 Å². The SMILES string of the molecule is CC/C=C/C/C=C/C/C=C/C/C=C/C/C=C/C/C=C/CCCC(=O)OCC(COCCC(C(=O)[O-])[N+](C)(C)C)OC(=O)CC/C=C/C/C=C/CC. The molecule has 0 bridgehead atoms. The van der Waals surface area contributed by atoms with E-state index in [4.69, 9.17) is 14.2 Å². The van der Waals surface area contributed by atoms with E-state index < -0.39 is 24.1 Å². The summed E-state index contributed by atoms with van der Waals surface area (Å²) in [7, 11) is 5.34. The maximum absolute atomic E-state index is 12.5. The predicted molar refractivity (Wildman–Crippen MR) is 208 cm³/mol. The molecule has 286 valence electrons. The van der Waals surface area contributed by atoms with Crippen LogP contribution in [0.25, 0.3) is 0 Å². The van der Waals surface area contributed by atoms with Gasteiger partial charge in [0.05, 0.1) is 40.3 Å². The molecule has 0 aromatic heterocycles. The minimum atomic E-state index is -1.15. The zero-order valence-electron chi connectivity index (χ0n) is 32.2. The van der Waals surface area contributed by atoms with Gasteiger partial charge in [0, 0.05) is 19.3 Å². The van der Waals surface area contributed by atoms with E-state index in [1.807, 2.05) is 12.2 Å². The zero-order chi connectivity index (χ0) is 37.8. The summed E-state index contributed by atoms with van der Waals surface area (Å²) >= 11 is 0. The Labute approximate surface area is 309 Å². The van der Waals surface area contributed by atoms with Crippen molar-refractivity contribution in [2.24, 2.45) is 0 Å². The number of carboxylic acid groups (broad SMARTS) is 1. The molecule has 2 atom stereocenters. The normalized spacial score (nSPS) is 14.1. The quantitative estimate of drug-likeness (QED) is 0.0309. The van der Waals surface area contributed by atoms with Gasteiger partial charge in [-0.25, -0.2) is 0 Å². The van der Waals surface area contributed by atoms with Crippen molar-refractivity contribution in [3.63, 3.8) is 0 Å². The van der Waals surface area contributed by atoms with Crippen molar-refractivity contribution in [3.8, 4) is 0 Å². The molecule has 0 saturated heterocycles. The number of hydrogen-bond acceptors (Lipinski definition) is 7. The minimum absolute atomic E-state index is 0.00782. The average Bonchev–Trinajstić information content (AvgIpc) is 3.08. The number of esters is 2. The highest BCUT2D eigenvalue weighted by Crippen LogP contribution is 2.09. The van der Waals surface area contributed by atoms with Crippen LogP contribution in [0.1, 0.15) is 104 Å². The molecular formula is C43H67NO7. The van der Waals surface area contributed by atoms with Gasteiger partial charge in [0.15, 0.2) is 6.10 Å². The maximum Gasteiger partial charge on any atom is 0.306 e. The lowest BCUT2D eigenvalue weighted by Gasteiger charge is -2.34. The molecular weight excluding hydrogens is 642 g/mol. The number of likely N-dealkylation sites (N-methyl/N-ethyl adjacent to an activating group) is 1. The van der Waals surface area contributed by atoms with Gasteiger partial charge in [-0.05, 0) is 70.6 Å². The van der Waals surface area contributed by atoms with E-state index in [-0.39, 0.29) is 49.5 Å². The molecule has 8 nitrogen and oxygen atoms in total. The number of unbranched alkanes of at least 4 members (excludes halogenated alkanes) is 1. The van der Waals surface area contributed by atoms with Crippen molar-refractivity contribution >= 4 is 17.9 Å². The fourth-order valence-corrected chi connectivity index (χ4v) is 4.61. The number of aliphatic carboxylic acids is 1. The van der Waals surface area contributed by atoms with Gasteiger partial charge in [0.1, 0.15) is 12.6 Å². The molecule has 0 amide bonds. The minimum Gasteiger partial charge on any atom is -0.544 e. The maximum atomic E-state index is 12.5. The number of nitrogens with zero attached hydrogens (tertiary/aromatic N) is 1. The van der Waals surface area contributed by atoms with E-state index in [9.17, 15) is 19.5 Å². The first-order valence-corrected chi connectivity index (χ1v) is 18.8. The third kappa shape index (κ3) is 31.9. The van der Waals surface area contributed by atoms with Gasteiger partial charge in [-0.15, -0.1) is 0 Å². The second-order valence-electron chi connectivity index (χ2n) is 13.0. The van der Waals surface area contributed by atoms with Gasteiger partial charge < -0.3 is 28.6 Å². The first kappa shape index (κ1) is 47.2. The first-order valence-electron chi connectivity index (χ1n) is 18.8.